The molecule has 88 heavy (non-hydrogen) atoms. The largest absolute Gasteiger partial charge is 0.462 e. The molecule has 1 atom stereocenters. The van der Waals surface area contributed by atoms with Crippen LogP contribution in [0, 0.1) is 0 Å². The van der Waals surface area contributed by atoms with E-state index in [0.717, 1.165) is 122 Å². The van der Waals surface area contributed by atoms with Gasteiger partial charge in [0.05, 0.1) is 6.61 Å². The molecule has 0 bridgehead atoms. The first-order chi connectivity index (χ1) is 43.6. The predicted molar refractivity (Wildman–Crippen MR) is 389 cm³/mol. The SMILES string of the molecule is CC/C=C\C/C=C\C/C=C\C/C=C\C/C=C\C/C=C\C/C=C\C/C=C\C/C=C\C/C=C\C/C=C\CCCCCCCCCC(=O)OC(CO)COC(=O)CCCCCCCCCCCCCCCCCCCCCCC/C=C\C/C=C\CCCCCCC. The predicted octanol–water partition coefficient (Wildman–Crippen LogP) is 26.2. The fourth-order valence-electron chi connectivity index (χ4n) is 10.3. The van der Waals surface area contributed by atoms with Crippen molar-refractivity contribution in [2.45, 2.75) is 341 Å². The van der Waals surface area contributed by atoms with Gasteiger partial charge in [0.15, 0.2) is 6.10 Å². The van der Waals surface area contributed by atoms with Crippen LogP contribution in [0.4, 0.5) is 0 Å². The highest BCUT2D eigenvalue weighted by molar-refractivity contribution is 5.70. The zero-order valence-electron chi connectivity index (χ0n) is 57.4. The summed E-state index contributed by atoms with van der Waals surface area (Å²) in [5.41, 5.74) is 0. The molecule has 0 aromatic carbocycles. The van der Waals surface area contributed by atoms with Crippen LogP contribution >= 0.6 is 0 Å². The summed E-state index contributed by atoms with van der Waals surface area (Å²) in [4.78, 5) is 24.7. The maximum Gasteiger partial charge on any atom is 0.306 e. The lowest BCUT2D eigenvalue weighted by molar-refractivity contribution is -0.161. The number of carbonyl (C=O) groups excluding carboxylic acids is 2. The summed E-state index contributed by atoms with van der Waals surface area (Å²) >= 11 is 0. The fourth-order valence-corrected chi connectivity index (χ4v) is 10.3. The lowest BCUT2D eigenvalue weighted by Crippen LogP contribution is -2.28. The van der Waals surface area contributed by atoms with Crippen molar-refractivity contribution in [3.63, 3.8) is 0 Å². The van der Waals surface area contributed by atoms with Crippen molar-refractivity contribution in [3.05, 3.63) is 158 Å². The number of carbonyl (C=O) groups is 2. The van der Waals surface area contributed by atoms with Gasteiger partial charge in [-0.1, -0.05) is 352 Å². The minimum absolute atomic E-state index is 0.0758. The van der Waals surface area contributed by atoms with Crippen molar-refractivity contribution >= 4 is 11.9 Å². The van der Waals surface area contributed by atoms with E-state index in [-0.39, 0.29) is 25.2 Å². The van der Waals surface area contributed by atoms with E-state index >= 15 is 0 Å². The highest BCUT2D eigenvalue weighted by Gasteiger charge is 2.16. The Morgan fingerprint density at radius 3 is 0.739 bits per heavy atom. The fraction of sp³-hybridized carbons (Fsp3) is 0.663. The second kappa shape index (κ2) is 76.8. The molecule has 0 fully saturated rings. The van der Waals surface area contributed by atoms with Crippen molar-refractivity contribution in [1.82, 2.24) is 0 Å². The third kappa shape index (κ3) is 74.0. The average Bonchev–Trinajstić information content (AvgIpc) is 3.56. The molecular formula is C83H138O5. The molecule has 5 heteroatoms. The molecule has 0 saturated carbocycles. The van der Waals surface area contributed by atoms with Crippen molar-refractivity contribution in [3.8, 4) is 0 Å². The average molecular weight is 1220 g/mol. The zero-order chi connectivity index (χ0) is 63.3. The van der Waals surface area contributed by atoms with Crippen LogP contribution in [0.3, 0.4) is 0 Å². The van der Waals surface area contributed by atoms with E-state index in [2.05, 4.69) is 172 Å². The normalized spacial score (nSPS) is 13.2. The number of esters is 2. The Morgan fingerprint density at radius 1 is 0.273 bits per heavy atom. The molecule has 0 aliphatic carbocycles. The maximum atomic E-state index is 12.4. The Hall–Kier alpha value is -4.48. The topological polar surface area (TPSA) is 72.8 Å². The first-order valence-corrected chi connectivity index (χ1v) is 37.0. The van der Waals surface area contributed by atoms with Crippen LogP contribution in [0.5, 0.6) is 0 Å². The Bertz CT molecular complexity index is 1860. The van der Waals surface area contributed by atoms with Crippen LogP contribution < -0.4 is 0 Å². The highest BCUT2D eigenvalue weighted by atomic mass is 16.6. The summed E-state index contributed by atoms with van der Waals surface area (Å²) in [5, 5.41) is 9.71. The van der Waals surface area contributed by atoms with Crippen LogP contribution in [0.15, 0.2) is 158 Å². The van der Waals surface area contributed by atoms with Gasteiger partial charge in [0, 0.05) is 12.8 Å². The molecule has 0 rings (SSSR count). The standard InChI is InChI=1S/C83H138O5/c1-3-5-7-9-11-13-15-17-19-21-23-25-27-29-31-33-35-37-38-39-40-41-42-43-44-46-48-50-52-54-56-58-60-62-64-66-68-70-72-74-76-78-83(86)88-81(79-84)80-87-82(85)77-75-73-71-69-67-65-63-61-59-57-55-53-51-49-47-45-36-34-32-30-28-26-24-22-20-18-16-14-12-10-8-6-4-2/h5,7,11,13,16-19,22-25,29,31,35,37,39-40,42-43,46,48,52,54,58,60,81,84H,3-4,6,8-10,12,14-15,20-21,26-28,30,32-34,36,38,41,44-45,47,49-51,53,55-57,59,61-80H2,1-2H3/b7-5-,13-11-,18-16-,19-17-,24-22-,25-23-,31-29-,37-35-,40-39-,43-42-,48-46-,54-52-,60-58-. The second-order valence-corrected chi connectivity index (χ2v) is 24.3. The summed E-state index contributed by atoms with van der Waals surface area (Å²) in [7, 11) is 0. The number of aliphatic hydroxyl groups is 1. The van der Waals surface area contributed by atoms with E-state index in [1.54, 1.807) is 0 Å². The van der Waals surface area contributed by atoms with Gasteiger partial charge < -0.3 is 14.6 Å². The molecule has 0 heterocycles. The Morgan fingerprint density at radius 2 is 0.489 bits per heavy atom. The van der Waals surface area contributed by atoms with Crippen molar-refractivity contribution in [2.24, 2.45) is 0 Å². The van der Waals surface area contributed by atoms with Crippen LogP contribution in [-0.2, 0) is 19.1 Å². The summed E-state index contributed by atoms with van der Waals surface area (Å²) in [5.74, 6) is -0.600. The Balaban J connectivity index is 3.55. The van der Waals surface area contributed by atoms with Gasteiger partial charge in [-0.3, -0.25) is 9.59 Å². The molecule has 0 aromatic heterocycles. The molecular weight excluding hydrogens is 1080 g/mol. The lowest BCUT2D eigenvalue weighted by Gasteiger charge is -2.15. The van der Waals surface area contributed by atoms with Crippen molar-refractivity contribution in [2.75, 3.05) is 13.2 Å². The molecule has 0 amide bonds. The number of rotatable bonds is 67. The minimum atomic E-state index is -0.789. The van der Waals surface area contributed by atoms with Crippen LogP contribution in [-0.4, -0.2) is 36.4 Å². The summed E-state index contributed by atoms with van der Waals surface area (Å²) in [6, 6.07) is 0. The third-order valence-electron chi connectivity index (χ3n) is 15.8. The zero-order valence-corrected chi connectivity index (χ0v) is 57.4. The van der Waals surface area contributed by atoms with E-state index in [1.165, 1.54) is 186 Å². The molecule has 0 aliphatic heterocycles. The van der Waals surface area contributed by atoms with Gasteiger partial charge in [0.25, 0.3) is 0 Å². The smallest absolute Gasteiger partial charge is 0.306 e. The van der Waals surface area contributed by atoms with E-state index in [0.29, 0.717) is 12.8 Å². The molecule has 0 saturated heterocycles. The number of ether oxygens (including phenoxy) is 2. The van der Waals surface area contributed by atoms with Gasteiger partial charge >= 0.3 is 11.9 Å². The first kappa shape index (κ1) is 83.5. The molecule has 0 aromatic rings. The summed E-state index contributed by atoms with van der Waals surface area (Å²) in [6.45, 7) is 4.03. The van der Waals surface area contributed by atoms with Crippen LogP contribution in [0.2, 0.25) is 0 Å². The number of aliphatic hydroxyl groups excluding tert-OH is 1. The van der Waals surface area contributed by atoms with Gasteiger partial charge in [0.1, 0.15) is 6.61 Å². The van der Waals surface area contributed by atoms with Crippen LogP contribution in [0.1, 0.15) is 335 Å². The van der Waals surface area contributed by atoms with E-state index < -0.39 is 6.10 Å². The molecule has 0 radical (unpaired) electrons. The summed E-state index contributed by atoms with van der Waals surface area (Å²) < 4.78 is 10.8. The Labute approximate surface area is 545 Å². The van der Waals surface area contributed by atoms with Gasteiger partial charge in [-0.2, -0.15) is 0 Å². The van der Waals surface area contributed by atoms with E-state index in [1.807, 2.05) is 0 Å². The lowest BCUT2D eigenvalue weighted by atomic mass is 10.0. The number of hydrogen-bond acceptors (Lipinski definition) is 5. The molecule has 0 spiro atoms. The van der Waals surface area contributed by atoms with E-state index in [4.69, 9.17) is 9.47 Å². The van der Waals surface area contributed by atoms with Gasteiger partial charge in [-0.05, 0) is 128 Å². The van der Waals surface area contributed by atoms with Crippen molar-refractivity contribution < 1.29 is 24.2 Å². The monoisotopic (exact) mass is 1220 g/mol. The van der Waals surface area contributed by atoms with Crippen molar-refractivity contribution in [1.29, 1.82) is 0 Å². The van der Waals surface area contributed by atoms with Gasteiger partial charge in [0.2, 0.25) is 0 Å². The van der Waals surface area contributed by atoms with Crippen LogP contribution in [0.25, 0.3) is 0 Å². The minimum Gasteiger partial charge on any atom is -0.462 e. The Kier molecular flexibility index (Phi) is 72.9. The molecule has 0 aliphatic rings. The molecule has 1 unspecified atom stereocenters. The highest BCUT2D eigenvalue weighted by Crippen LogP contribution is 2.17. The first-order valence-electron chi connectivity index (χ1n) is 37.0. The molecule has 500 valence electrons. The number of unbranched alkanes of at least 4 members (excludes halogenated alkanes) is 33. The molecule has 1 N–H and O–H groups in total. The second-order valence-electron chi connectivity index (χ2n) is 24.3. The number of hydrogen-bond donors (Lipinski definition) is 1. The number of allylic oxidation sites excluding steroid dienone is 26. The van der Waals surface area contributed by atoms with Gasteiger partial charge in [-0.15, -0.1) is 0 Å². The third-order valence-corrected chi connectivity index (χ3v) is 15.8. The summed E-state index contributed by atoms with van der Waals surface area (Å²) in [6.07, 6.45) is 117. The quantitative estimate of drug-likeness (QED) is 0.0373. The van der Waals surface area contributed by atoms with E-state index in [9.17, 15) is 14.7 Å². The molecule has 5 nitrogen and oxygen atoms in total. The maximum absolute atomic E-state index is 12.4. The van der Waals surface area contributed by atoms with Gasteiger partial charge in [-0.25, -0.2) is 0 Å².